The lowest BCUT2D eigenvalue weighted by Crippen LogP contribution is -2.16. The molecular formula is C28H24FN3O3. The Morgan fingerprint density at radius 1 is 1.11 bits per heavy atom. The van der Waals surface area contributed by atoms with Gasteiger partial charge in [-0.3, -0.25) is 4.79 Å². The number of nitrogens with one attached hydrogen (secondary N) is 1. The van der Waals surface area contributed by atoms with Crippen molar-refractivity contribution in [2.24, 2.45) is 5.10 Å². The van der Waals surface area contributed by atoms with Gasteiger partial charge in [0.15, 0.2) is 5.76 Å². The highest BCUT2D eigenvalue weighted by atomic mass is 19.1. The smallest absolute Gasteiger partial charge is 0.307 e. The monoisotopic (exact) mass is 469 g/mol. The Hall–Kier alpha value is -4.39. The highest BCUT2D eigenvalue weighted by Gasteiger charge is 2.15. The van der Waals surface area contributed by atoms with Crippen molar-refractivity contribution in [2.45, 2.75) is 20.4 Å². The van der Waals surface area contributed by atoms with Gasteiger partial charge >= 0.3 is 5.91 Å². The van der Waals surface area contributed by atoms with Gasteiger partial charge < -0.3 is 13.7 Å². The average molecular weight is 470 g/mol. The number of nitrogens with zero attached hydrogens (tertiary/aromatic N) is 2. The predicted octanol–water partition coefficient (Wildman–Crippen LogP) is 6.05. The van der Waals surface area contributed by atoms with Gasteiger partial charge in [0.25, 0.3) is 0 Å². The van der Waals surface area contributed by atoms with Crippen molar-refractivity contribution in [3.8, 4) is 5.75 Å². The van der Waals surface area contributed by atoms with Crippen LogP contribution >= 0.6 is 0 Å². The Bertz CT molecular complexity index is 1560. The van der Waals surface area contributed by atoms with Crippen molar-refractivity contribution in [1.82, 2.24) is 9.99 Å². The summed E-state index contributed by atoms with van der Waals surface area (Å²) in [7, 11) is 0. The summed E-state index contributed by atoms with van der Waals surface area (Å²) in [5.41, 5.74) is 6.47. The van der Waals surface area contributed by atoms with Crippen molar-refractivity contribution in [2.75, 3.05) is 6.61 Å². The number of hydrazone groups is 1. The van der Waals surface area contributed by atoms with E-state index in [-0.39, 0.29) is 11.6 Å². The number of ether oxygens (including phenoxy) is 1. The number of halogens is 1. The van der Waals surface area contributed by atoms with Crippen molar-refractivity contribution in [1.29, 1.82) is 0 Å². The van der Waals surface area contributed by atoms with E-state index in [1.807, 2.05) is 54.8 Å². The van der Waals surface area contributed by atoms with Crippen LogP contribution in [0, 0.1) is 12.7 Å². The minimum atomic E-state index is -0.455. The van der Waals surface area contributed by atoms with Crippen LogP contribution in [0.15, 0.2) is 82.3 Å². The highest BCUT2D eigenvalue weighted by molar-refractivity contribution is 6.02. The number of rotatable bonds is 7. The molecule has 0 aliphatic rings. The second-order valence-corrected chi connectivity index (χ2v) is 8.14. The molecule has 5 rings (SSSR count). The fraction of sp³-hybridized carbons (Fsp3) is 0.143. The molecule has 7 heteroatoms. The van der Waals surface area contributed by atoms with Crippen LogP contribution in [0.25, 0.3) is 21.9 Å². The molecule has 0 spiro atoms. The Morgan fingerprint density at radius 2 is 1.91 bits per heavy atom. The minimum Gasteiger partial charge on any atom is -0.494 e. The first-order valence-electron chi connectivity index (χ1n) is 11.4. The Morgan fingerprint density at radius 3 is 2.74 bits per heavy atom. The third kappa shape index (κ3) is 4.40. The first-order valence-corrected chi connectivity index (χ1v) is 11.4. The van der Waals surface area contributed by atoms with Crippen LogP contribution in [0.1, 0.15) is 34.3 Å². The molecule has 2 aromatic heterocycles. The summed E-state index contributed by atoms with van der Waals surface area (Å²) in [6.45, 7) is 4.82. The number of amides is 1. The molecule has 0 fully saturated rings. The molecule has 35 heavy (non-hydrogen) atoms. The molecule has 0 bridgehead atoms. The molecule has 0 radical (unpaired) electrons. The van der Waals surface area contributed by atoms with Crippen LogP contribution in [-0.4, -0.2) is 23.3 Å². The topological polar surface area (TPSA) is 68.8 Å². The maximum absolute atomic E-state index is 14.3. The zero-order chi connectivity index (χ0) is 24.4. The number of carbonyl (C=O) groups excluding carboxylic acids is 1. The summed E-state index contributed by atoms with van der Waals surface area (Å²) in [6.07, 6.45) is 1.61. The average Bonchev–Trinajstić information content (AvgIpc) is 3.40. The normalized spacial score (nSPS) is 11.5. The molecule has 0 saturated carbocycles. The maximum atomic E-state index is 14.3. The molecule has 3 aromatic carbocycles. The van der Waals surface area contributed by atoms with E-state index in [4.69, 9.17) is 9.15 Å². The lowest BCUT2D eigenvalue weighted by molar-refractivity contribution is 0.0929. The molecule has 1 N–H and O–H groups in total. The fourth-order valence-corrected chi connectivity index (χ4v) is 4.22. The number of hydrogen-bond donors (Lipinski definition) is 1. The van der Waals surface area contributed by atoms with Gasteiger partial charge in [-0.2, -0.15) is 5.10 Å². The quantitative estimate of drug-likeness (QED) is 0.233. The summed E-state index contributed by atoms with van der Waals surface area (Å²) in [6, 6.07) is 21.7. The van der Waals surface area contributed by atoms with Gasteiger partial charge in [0.05, 0.1) is 19.4 Å². The van der Waals surface area contributed by atoms with Gasteiger partial charge in [-0.1, -0.05) is 36.4 Å². The molecule has 0 atom stereocenters. The number of hydrogen-bond acceptors (Lipinski definition) is 4. The molecule has 6 nitrogen and oxygen atoms in total. The van der Waals surface area contributed by atoms with Crippen LogP contribution in [0.5, 0.6) is 5.75 Å². The minimum absolute atomic E-state index is 0.157. The van der Waals surface area contributed by atoms with Crippen LogP contribution in [0.2, 0.25) is 0 Å². The SMILES string of the molecule is CCOc1ccc2oc(C(=O)N/N=C/c3c(C)n(Cc4ccccc4F)c4ccccc34)cc2c1. The second kappa shape index (κ2) is 9.46. The van der Waals surface area contributed by atoms with Gasteiger partial charge in [-0.05, 0) is 50.2 Å². The van der Waals surface area contributed by atoms with E-state index in [1.54, 1.807) is 36.5 Å². The van der Waals surface area contributed by atoms with E-state index in [9.17, 15) is 9.18 Å². The van der Waals surface area contributed by atoms with E-state index in [0.29, 0.717) is 30.0 Å². The van der Waals surface area contributed by atoms with E-state index < -0.39 is 5.91 Å². The van der Waals surface area contributed by atoms with Gasteiger partial charge in [-0.15, -0.1) is 0 Å². The van der Waals surface area contributed by atoms with Gasteiger partial charge in [0.1, 0.15) is 17.1 Å². The molecule has 2 heterocycles. The van der Waals surface area contributed by atoms with Gasteiger partial charge in [0, 0.05) is 33.1 Å². The van der Waals surface area contributed by atoms with Crippen LogP contribution in [-0.2, 0) is 6.54 Å². The molecule has 1 amide bonds. The summed E-state index contributed by atoms with van der Waals surface area (Å²) < 4.78 is 27.5. The van der Waals surface area contributed by atoms with E-state index in [0.717, 1.165) is 27.5 Å². The second-order valence-electron chi connectivity index (χ2n) is 8.14. The first-order chi connectivity index (χ1) is 17.0. The lowest BCUT2D eigenvalue weighted by Gasteiger charge is -2.09. The first kappa shape index (κ1) is 22.4. The number of benzene rings is 3. The summed E-state index contributed by atoms with van der Waals surface area (Å²) in [5, 5.41) is 5.93. The standard InChI is InChI=1S/C28H24FN3O3/c1-3-34-21-12-13-26-20(14-21)15-27(35-26)28(33)31-30-16-23-18(2)32(25-11-7-5-9-22(23)25)17-19-8-4-6-10-24(19)29/h4-16H,3,17H2,1-2H3,(H,31,33)/b30-16+. The van der Waals surface area contributed by atoms with E-state index in [2.05, 4.69) is 10.5 Å². The molecule has 0 aliphatic carbocycles. The summed E-state index contributed by atoms with van der Waals surface area (Å²) in [5.74, 6) is 0.173. The lowest BCUT2D eigenvalue weighted by atomic mass is 10.1. The van der Waals surface area contributed by atoms with Crippen LogP contribution in [0.4, 0.5) is 4.39 Å². The third-order valence-electron chi connectivity index (χ3n) is 5.95. The third-order valence-corrected chi connectivity index (χ3v) is 5.95. The Balaban J connectivity index is 1.39. The van der Waals surface area contributed by atoms with Crippen LogP contribution < -0.4 is 10.2 Å². The largest absolute Gasteiger partial charge is 0.494 e. The molecule has 0 saturated heterocycles. The van der Waals surface area contributed by atoms with Crippen molar-refractivity contribution >= 4 is 34.0 Å². The Labute approximate surface area is 201 Å². The number of para-hydroxylation sites is 1. The Kier molecular flexibility index (Phi) is 6.06. The zero-order valence-electron chi connectivity index (χ0n) is 19.4. The van der Waals surface area contributed by atoms with E-state index in [1.165, 1.54) is 6.07 Å². The summed E-state index contributed by atoms with van der Waals surface area (Å²) in [4.78, 5) is 12.7. The molecule has 176 valence electrons. The van der Waals surface area contributed by atoms with E-state index >= 15 is 0 Å². The summed E-state index contributed by atoms with van der Waals surface area (Å²) >= 11 is 0. The van der Waals surface area contributed by atoms with Crippen molar-refractivity contribution < 1.29 is 18.3 Å². The van der Waals surface area contributed by atoms with Crippen molar-refractivity contribution in [3.05, 3.63) is 101 Å². The molecule has 5 aromatic rings. The number of furan rings is 1. The van der Waals surface area contributed by atoms with Crippen LogP contribution in [0.3, 0.4) is 0 Å². The molecule has 0 aliphatic heterocycles. The highest BCUT2D eigenvalue weighted by Crippen LogP contribution is 2.27. The number of fused-ring (bicyclic) bond motifs is 2. The maximum Gasteiger partial charge on any atom is 0.307 e. The molecular weight excluding hydrogens is 445 g/mol. The number of carbonyl (C=O) groups is 1. The van der Waals surface area contributed by atoms with Gasteiger partial charge in [0.2, 0.25) is 0 Å². The predicted molar refractivity (Wildman–Crippen MR) is 135 cm³/mol. The zero-order valence-corrected chi connectivity index (χ0v) is 19.4. The van der Waals surface area contributed by atoms with Gasteiger partial charge in [-0.25, -0.2) is 9.82 Å². The number of aromatic nitrogens is 1. The molecule has 0 unspecified atom stereocenters. The fourth-order valence-electron chi connectivity index (χ4n) is 4.22. The van der Waals surface area contributed by atoms with Crippen molar-refractivity contribution in [3.63, 3.8) is 0 Å².